The molecule has 0 saturated carbocycles. The summed E-state index contributed by atoms with van der Waals surface area (Å²) in [6.45, 7) is 11.0. The normalized spacial score (nSPS) is 12.0. The van der Waals surface area contributed by atoms with Gasteiger partial charge in [-0.15, -0.1) is 6.58 Å². The van der Waals surface area contributed by atoms with Crippen molar-refractivity contribution < 1.29 is 9.47 Å². The van der Waals surface area contributed by atoms with E-state index in [-0.39, 0.29) is 6.04 Å². The van der Waals surface area contributed by atoms with Gasteiger partial charge in [-0.3, -0.25) is 0 Å². The van der Waals surface area contributed by atoms with E-state index in [0.717, 1.165) is 29.1 Å². The maximum Gasteiger partial charge on any atom is 0.161 e. The lowest BCUT2D eigenvalue weighted by molar-refractivity contribution is 0.287. The van der Waals surface area contributed by atoms with Crippen molar-refractivity contribution in [3.05, 3.63) is 35.9 Å². The van der Waals surface area contributed by atoms with Crippen LogP contribution in [0.25, 0.3) is 0 Å². The van der Waals surface area contributed by atoms with E-state index >= 15 is 0 Å². The van der Waals surface area contributed by atoms with Crippen LogP contribution in [0.3, 0.4) is 0 Å². The van der Waals surface area contributed by atoms with Gasteiger partial charge in [0.25, 0.3) is 0 Å². The fourth-order valence-corrected chi connectivity index (χ4v) is 1.79. The lowest BCUT2D eigenvalue weighted by Gasteiger charge is -2.16. The van der Waals surface area contributed by atoms with Crippen LogP contribution in [-0.4, -0.2) is 13.2 Å². The first-order chi connectivity index (χ1) is 8.58. The zero-order chi connectivity index (χ0) is 13.5. The fourth-order valence-electron chi connectivity index (χ4n) is 1.79. The molecule has 1 aromatic carbocycles. The summed E-state index contributed by atoms with van der Waals surface area (Å²) < 4.78 is 11.1. The lowest BCUT2D eigenvalue weighted by atomic mass is 10.0. The summed E-state index contributed by atoms with van der Waals surface area (Å²) in [4.78, 5) is 0. The molecular formula is C15H23NO2. The third-order valence-electron chi connectivity index (χ3n) is 2.56. The molecular weight excluding hydrogens is 226 g/mol. The van der Waals surface area contributed by atoms with Gasteiger partial charge >= 0.3 is 0 Å². The predicted molar refractivity (Wildman–Crippen MR) is 75.1 cm³/mol. The molecule has 0 fully saturated rings. The highest BCUT2D eigenvalue weighted by Crippen LogP contribution is 2.31. The highest BCUT2D eigenvalue weighted by Gasteiger charge is 2.11. The van der Waals surface area contributed by atoms with Crippen LogP contribution in [0, 0.1) is 0 Å². The molecule has 2 N–H and O–H groups in total. The van der Waals surface area contributed by atoms with Crippen LogP contribution in [0.1, 0.15) is 38.8 Å². The Morgan fingerprint density at radius 2 is 1.83 bits per heavy atom. The van der Waals surface area contributed by atoms with Gasteiger partial charge in [0.15, 0.2) is 11.5 Å². The SMILES string of the molecule is C=C(C)CC(N)c1ccc(OCC)c(OCC)c1. The van der Waals surface area contributed by atoms with Crippen molar-refractivity contribution in [2.24, 2.45) is 5.73 Å². The number of hydrogen-bond donors (Lipinski definition) is 1. The molecule has 1 aromatic rings. The molecule has 100 valence electrons. The smallest absolute Gasteiger partial charge is 0.161 e. The van der Waals surface area contributed by atoms with E-state index in [2.05, 4.69) is 6.58 Å². The average molecular weight is 249 g/mol. The van der Waals surface area contributed by atoms with Crippen LogP contribution >= 0.6 is 0 Å². The number of benzene rings is 1. The first-order valence-corrected chi connectivity index (χ1v) is 6.38. The first kappa shape index (κ1) is 14.6. The molecule has 3 nitrogen and oxygen atoms in total. The van der Waals surface area contributed by atoms with Crippen LogP contribution in [0.4, 0.5) is 0 Å². The minimum absolute atomic E-state index is 0.0441. The molecule has 0 aliphatic carbocycles. The topological polar surface area (TPSA) is 44.5 Å². The van der Waals surface area contributed by atoms with Gasteiger partial charge in [-0.1, -0.05) is 11.6 Å². The Morgan fingerprint density at radius 1 is 1.22 bits per heavy atom. The predicted octanol–water partition coefficient (Wildman–Crippen LogP) is 3.45. The molecule has 3 heteroatoms. The monoisotopic (exact) mass is 249 g/mol. The van der Waals surface area contributed by atoms with Gasteiger partial charge < -0.3 is 15.2 Å². The highest BCUT2D eigenvalue weighted by atomic mass is 16.5. The van der Waals surface area contributed by atoms with Crippen molar-refractivity contribution in [1.29, 1.82) is 0 Å². The molecule has 0 heterocycles. The second kappa shape index (κ2) is 7.07. The summed E-state index contributed by atoms with van der Waals surface area (Å²) in [6.07, 6.45) is 0.777. The molecule has 1 unspecified atom stereocenters. The minimum Gasteiger partial charge on any atom is -0.490 e. The van der Waals surface area contributed by atoms with Crippen LogP contribution in [-0.2, 0) is 0 Å². The number of ether oxygens (including phenoxy) is 2. The molecule has 0 amide bonds. The fraction of sp³-hybridized carbons (Fsp3) is 0.467. The van der Waals surface area contributed by atoms with Crippen LogP contribution in [0.5, 0.6) is 11.5 Å². The molecule has 0 bridgehead atoms. The Balaban J connectivity index is 2.94. The van der Waals surface area contributed by atoms with Crippen molar-refractivity contribution in [2.75, 3.05) is 13.2 Å². The zero-order valence-electron chi connectivity index (χ0n) is 11.5. The van der Waals surface area contributed by atoms with Gasteiger partial charge in [0.2, 0.25) is 0 Å². The largest absolute Gasteiger partial charge is 0.490 e. The van der Waals surface area contributed by atoms with E-state index in [9.17, 15) is 0 Å². The summed E-state index contributed by atoms with van der Waals surface area (Å²) in [5.41, 5.74) is 8.25. The van der Waals surface area contributed by atoms with Gasteiger partial charge in [0, 0.05) is 6.04 Å². The summed E-state index contributed by atoms with van der Waals surface area (Å²) >= 11 is 0. The summed E-state index contributed by atoms with van der Waals surface area (Å²) in [5, 5.41) is 0. The lowest BCUT2D eigenvalue weighted by Crippen LogP contribution is -2.11. The van der Waals surface area contributed by atoms with Crippen molar-refractivity contribution in [2.45, 2.75) is 33.2 Å². The Morgan fingerprint density at radius 3 is 2.39 bits per heavy atom. The third-order valence-corrected chi connectivity index (χ3v) is 2.56. The average Bonchev–Trinajstić information content (AvgIpc) is 2.31. The molecule has 0 aliphatic rings. The van der Waals surface area contributed by atoms with Gasteiger partial charge in [-0.25, -0.2) is 0 Å². The molecule has 0 aromatic heterocycles. The Bertz CT molecular complexity index is 401. The van der Waals surface area contributed by atoms with E-state index in [1.807, 2.05) is 39.0 Å². The minimum atomic E-state index is -0.0441. The van der Waals surface area contributed by atoms with E-state index in [1.54, 1.807) is 0 Å². The number of hydrogen-bond acceptors (Lipinski definition) is 3. The number of nitrogens with two attached hydrogens (primary N) is 1. The third kappa shape index (κ3) is 4.08. The van der Waals surface area contributed by atoms with Crippen LogP contribution < -0.4 is 15.2 Å². The standard InChI is InChI=1S/C15H23NO2/c1-5-17-14-8-7-12(10-15(14)18-6-2)13(16)9-11(3)4/h7-8,10,13H,3,5-6,9,16H2,1-2,4H3. The van der Waals surface area contributed by atoms with Crippen LogP contribution in [0.15, 0.2) is 30.4 Å². The Hall–Kier alpha value is -1.48. The molecule has 1 rings (SSSR count). The molecule has 0 radical (unpaired) electrons. The summed E-state index contributed by atoms with van der Waals surface area (Å²) in [7, 11) is 0. The quantitative estimate of drug-likeness (QED) is 0.753. The first-order valence-electron chi connectivity index (χ1n) is 6.38. The molecule has 1 atom stereocenters. The summed E-state index contributed by atoms with van der Waals surface area (Å²) in [6, 6.07) is 5.82. The Labute approximate surface area is 110 Å². The van der Waals surface area contributed by atoms with Gasteiger partial charge in [0.1, 0.15) is 0 Å². The second-order valence-electron chi connectivity index (χ2n) is 4.34. The van der Waals surface area contributed by atoms with Gasteiger partial charge in [-0.05, 0) is 44.9 Å². The van der Waals surface area contributed by atoms with E-state index in [4.69, 9.17) is 15.2 Å². The van der Waals surface area contributed by atoms with Crippen molar-refractivity contribution in [3.63, 3.8) is 0 Å². The zero-order valence-corrected chi connectivity index (χ0v) is 11.5. The van der Waals surface area contributed by atoms with Crippen LogP contribution in [0.2, 0.25) is 0 Å². The van der Waals surface area contributed by atoms with E-state index in [0.29, 0.717) is 13.2 Å². The van der Waals surface area contributed by atoms with E-state index < -0.39 is 0 Å². The number of rotatable bonds is 7. The second-order valence-corrected chi connectivity index (χ2v) is 4.34. The van der Waals surface area contributed by atoms with Crippen molar-refractivity contribution in [1.82, 2.24) is 0 Å². The highest BCUT2D eigenvalue weighted by molar-refractivity contribution is 5.44. The molecule has 0 saturated heterocycles. The maximum atomic E-state index is 6.13. The maximum absolute atomic E-state index is 6.13. The Kier molecular flexibility index (Phi) is 5.72. The summed E-state index contributed by atoms with van der Waals surface area (Å²) in [5.74, 6) is 1.53. The van der Waals surface area contributed by atoms with Gasteiger partial charge in [-0.2, -0.15) is 0 Å². The van der Waals surface area contributed by atoms with Gasteiger partial charge in [0.05, 0.1) is 13.2 Å². The van der Waals surface area contributed by atoms with Crippen molar-refractivity contribution in [3.8, 4) is 11.5 Å². The molecule has 0 aliphatic heterocycles. The molecule has 18 heavy (non-hydrogen) atoms. The van der Waals surface area contributed by atoms with E-state index in [1.165, 1.54) is 0 Å². The molecule has 0 spiro atoms. The van der Waals surface area contributed by atoms with Crippen molar-refractivity contribution >= 4 is 0 Å².